The van der Waals surface area contributed by atoms with Gasteiger partial charge in [-0.05, 0) is 36.8 Å². The minimum absolute atomic E-state index is 0.249. The van der Waals surface area contributed by atoms with Crippen molar-refractivity contribution >= 4 is 44.8 Å². The van der Waals surface area contributed by atoms with Gasteiger partial charge < -0.3 is 10.1 Å². The molecule has 1 N–H and O–H groups in total. The number of benzene rings is 1. The highest BCUT2D eigenvalue weighted by Gasteiger charge is 2.14. The highest BCUT2D eigenvalue weighted by atomic mass is 79.9. The Hall–Kier alpha value is -1.66. The average Bonchev–Trinajstić information content (AvgIpc) is 2.92. The summed E-state index contributed by atoms with van der Waals surface area (Å²) in [5.74, 6) is -0.687. The molecule has 0 bridgehead atoms. The molecule has 0 aliphatic carbocycles. The van der Waals surface area contributed by atoms with E-state index in [1.165, 1.54) is 7.11 Å². The van der Waals surface area contributed by atoms with Gasteiger partial charge in [-0.1, -0.05) is 22.0 Å². The number of thiophene rings is 1. The van der Waals surface area contributed by atoms with Crippen molar-refractivity contribution in [3.63, 3.8) is 0 Å². The standard InChI is InChI=1S/C14H12BrNO3S/c1-8-3-4-9(7-10(8)15)16-13(17)11-5-6-12(20-11)14(18)19-2/h3-7H,1-2H3,(H,16,17). The Labute approximate surface area is 128 Å². The molecule has 0 fully saturated rings. The highest BCUT2D eigenvalue weighted by molar-refractivity contribution is 9.10. The zero-order valence-corrected chi connectivity index (χ0v) is 13.3. The molecule has 0 atom stereocenters. The summed E-state index contributed by atoms with van der Waals surface area (Å²) in [5, 5.41) is 2.79. The van der Waals surface area contributed by atoms with Crippen molar-refractivity contribution in [3.05, 3.63) is 50.1 Å². The van der Waals surface area contributed by atoms with Gasteiger partial charge in [0, 0.05) is 10.2 Å². The Kier molecular flexibility index (Phi) is 4.57. The summed E-state index contributed by atoms with van der Waals surface area (Å²) < 4.78 is 5.54. The zero-order valence-electron chi connectivity index (χ0n) is 10.9. The fourth-order valence-electron chi connectivity index (χ4n) is 1.53. The van der Waals surface area contributed by atoms with Gasteiger partial charge in [0.2, 0.25) is 0 Å². The number of anilines is 1. The van der Waals surface area contributed by atoms with Gasteiger partial charge in [-0.25, -0.2) is 4.79 Å². The molecule has 0 saturated heterocycles. The molecule has 0 unspecified atom stereocenters. The third kappa shape index (κ3) is 3.26. The lowest BCUT2D eigenvalue weighted by atomic mass is 10.2. The second-order valence-corrected chi connectivity index (χ2v) is 6.01. The van der Waals surface area contributed by atoms with E-state index in [0.717, 1.165) is 21.4 Å². The van der Waals surface area contributed by atoms with Crippen LogP contribution >= 0.6 is 27.3 Å². The predicted molar refractivity (Wildman–Crippen MR) is 82.5 cm³/mol. The van der Waals surface area contributed by atoms with Gasteiger partial charge in [-0.15, -0.1) is 11.3 Å². The van der Waals surface area contributed by atoms with Crippen LogP contribution in [-0.4, -0.2) is 19.0 Å². The van der Waals surface area contributed by atoms with Crippen LogP contribution < -0.4 is 5.32 Å². The van der Waals surface area contributed by atoms with Crippen molar-refractivity contribution in [2.45, 2.75) is 6.92 Å². The Morgan fingerprint density at radius 2 is 1.90 bits per heavy atom. The normalized spacial score (nSPS) is 10.2. The number of ether oxygens (including phenoxy) is 1. The summed E-state index contributed by atoms with van der Waals surface area (Å²) in [5.41, 5.74) is 1.78. The van der Waals surface area contributed by atoms with E-state index in [4.69, 9.17) is 0 Å². The lowest BCUT2D eigenvalue weighted by Gasteiger charge is -2.05. The van der Waals surface area contributed by atoms with Gasteiger partial charge in [0.25, 0.3) is 5.91 Å². The molecule has 0 spiro atoms. The fourth-order valence-corrected chi connectivity index (χ4v) is 2.73. The number of carbonyl (C=O) groups excluding carboxylic acids is 2. The van der Waals surface area contributed by atoms with E-state index in [-0.39, 0.29) is 5.91 Å². The zero-order chi connectivity index (χ0) is 14.7. The molecule has 1 heterocycles. The molecule has 6 heteroatoms. The third-order valence-electron chi connectivity index (χ3n) is 2.65. The lowest BCUT2D eigenvalue weighted by Crippen LogP contribution is -2.10. The van der Waals surface area contributed by atoms with Crippen LogP contribution in [0.25, 0.3) is 0 Å². The number of amides is 1. The maximum atomic E-state index is 12.1. The number of halogens is 1. The molecule has 2 rings (SSSR count). The first-order valence-electron chi connectivity index (χ1n) is 5.77. The minimum atomic E-state index is -0.438. The van der Waals surface area contributed by atoms with E-state index in [2.05, 4.69) is 26.0 Å². The Bertz CT molecular complexity index is 666. The van der Waals surface area contributed by atoms with Crippen LogP contribution in [0.2, 0.25) is 0 Å². The van der Waals surface area contributed by atoms with Crippen LogP contribution in [0.1, 0.15) is 24.9 Å². The quantitative estimate of drug-likeness (QED) is 0.852. The number of carbonyl (C=O) groups is 2. The van der Waals surface area contributed by atoms with E-state index in [0.29, 0.717) is 15.4 Å². The number of hydrogen-bond donors (Lipinski definition) is 1. The van der Waals surface area contributed by atoms with Gasteiger partial charge in [-0.2, -0.15) is 0 Å². The molecule has 0 radical (unpaired) electrons. The molecule has 1 aromatic heterocycles. The second kappa shape index (κ2) is 6.19. The Morgan fingerprint density at radius 1 is 1.20 bits per heavy atom. The summed E-state index contributed by atoms with van der Waals surface area (Å²) in [6.45, 7) is 1.97. The molecule has 1 amide bonds. The summed E-state index contributed by atoms with van der Waals surface area (Å²) in [7, 11) is 1.31. The Balaban J connectivity index is 2.13. The van der Waals surface area contributed by atoms with Gasteiger partial charge >= 0.3 is 5.97 Å². The maximum absolute atomic E-state index is 12.1. The molecule has 0 saturated carbocycles. The number of esters is 1. The number of rotatable bonds is 3. The van der Waals surface area contributed by atoms with E-state index >= 15 is 0 Å². The predicted octanol–water partition coefficient (Wildman–Crippen LogP) is 3.86. The van der Waals surface area contributed by atoms with E-state index in [9.17, 15) is 9.59 Å². The van der Waals surface area contributed by atoms with Crippen LogP contribution in [0.3, 0.4) is 0 Å². The van der Waals surface area contributed by atoms with Crippen molar-refractivity contribution in [3.8, 4) is 0 Å². The van der Waals surface area contributed by atoms with Crippen LogP contribution in [0.15, 0.2) is 34.8 Å². The summed E-state index contributed by atoms with van der Waals surface area (Å²) in [6.07, 6.45) is 0. The number of methoxy groups -OCH3 is 1. The van der Waals surface area contributed by atoms with Crippen molar-refractivity contribution in [2.24, 2.45) is 0 Å². The number of aryl methyl sites for hydroxylation is 1. The SMILES string of the molecule is COC(=O)c1ccc(C(=O)Nc2ccc(C)c(Br)c2)s1. The fraction of sp³-hybridized carbons (Fsp3) is 0.143. The first-order chi connectivity index (χ1) is 9.51. The molecule has 4 nitrogen and oxygen atoms in total. The molecule has 1 aromatic carbocycles. The van der Waals surface area contributed by atoms with Gasteiger partial charge in [0.1, 0.15) is 4.88 Å². The van der Waals surface area contributed by atoms with Gasteiger partial charge in [0.15, 0.2) is 0 Å². The van der Waals surface area contributed by atoms with Crippen molar-refractivity contribution < 1.29 is 14.3 Å². The van der Waals surface area contributed by atoms with E-state index in [1.807, 2.05) is 25.1 Å². The van der Waals surface area contributed by atoms with E-state index < -0.39 is 5.97 Å². The Morgan fingerprint density at radius 3 is 2.55 bits per heavy atom. The molecular formula is C14H12BrNO3S. The smallest absolute Gasteiger partial charge is 0.348 e. The maximum Gasteiger partial charge on any atom is 0.348 e. The largest absolute Gasteiger partial charge is 0.465 e. The topological polar surface area (TPSA) is 55.4 Å². The lowest BCUT2D eigenvalue weighted by molar-refractivity contribution is 0.0606. The van der Waals surface area contributed by atoms with Crippen molar-refractivity contribution in [1.82, 2.24) is 0 Å². The summed E-state index contributed by atoms with van der Waals surface area (Å²) in [6, 6.07) is 8.76. The van der Waals surface area contributed by atoms with Crippen LogP contribution in [0, 0.1) is 6.92 Å². The molecule has 0 aliphatic heterocycles. The van der Waals surface area contributed by atoms with Crippen LogP contribution in [0.4, 0.5) is 5.69 Å². The van der Waals surface area contributed by atoms with Crippen molar-refractivity contribution in [2.75, 3.05) is 12.4 Å². The summed E-state index contributed by atoms with van der Waals surface area (Å²) in [4.78, 5) is 24.3. The van der Waals surface area contributed by atoms with Crippen LogP contribution in [0.5, 0.6) is 0 Å². The molecule has 2 aromatic rings. The van der Waals surface area contributed by atoms with Gasteiger partial charge in [0.05, 0.1) is 12.0 Å². The van der Waals surface area contributed by atoms with Crippen LogP contribution in [-0.2, 0) is 4.74 Å². The third-order valence-corrected chi connectivity index (χ3v) is 4.56. The first-order valence-corrected chi connectivity index (χ1v) is 7.38. The molecular weight excluding hydrogens is 342 g/mol. The molecule has 0 aliphatic rings. The van der Waals surface area contributed by atoms with E-state index in [1.54, 1.807) is 12.1 Å². The number of hydrogen-bond acceptors (Lipinski definition) is 4. The minimum Gasteiger partial charge on any atom is -0.465 e. The first kappa shape index (κ1) is 14.7. The average molecular weight is 354 g/mol. The number of nitrogens with one attached hydrogen (secondary N) is 1. The highest BCUT2D eigenvalue weighted by Crippen LogP contribution is 2.23. The molecule has 104 valence electrons. The summed E-state index contributed by atoms with van der Waals surface area (Å²) >= 11 is 4.52. The van der Waals surface area contributed by atoms with Gasteiger partial charge in [-0.3, -0.25) is 4.79 Å². The second-order valence-electron chi connectivity index (χ2n) is 4.07. The monoisotopic (exact) mass is 353 g/mol. The van der Waals surface area contributed by atoms with Crippen molar-refractivity contribution in [1.29, 1.82) is 0 Å². The molecule has 20 heavy (non-hydrogen) atoms.